The van der Waals surface area contributed by atoms with E-state index in [1.165, 1.54) is 5.56 Å². The average Bonchev–Trinajstić information content (AvgIpc) is 2.76. The molecule has 2 nitrogen and oxygen atoms in total. The number of aliphatic hydroxyl groups is 1. The van der Waals surface area contributed by atoms with Crippen molar-refractivity contribution in [2.75, 3.05) is 6.61 Å². The van der Waals surface area contributed by atoms with Gasteiger partial charge in [0.05, 0.1) is 0 Å². The summed E-state index contributed by atoms with van der Waals surface area (Å²) in [7, 11) is 0. The van der Waals surface area contributed by atoms with E-state index in [-0.39, 0.29) is 6.61 Å². The normalized spacial score (nSPS) is 23.9. The van der Waals surface area contributed by atoms with Crippen molar-refractivity contribution in [3.63, 3.8) is 0 Å². The zero-order valence-electron chi connectivity index (χ0n) is 9.07. The van der Waals surface area contributed by atoms with Gasteiger partial charge in [0.1, 0.15) is 0 Å². The molecule has 3 heteroatoms. The lowest BCUT2D eigenvalue weighted by atomic mass is 10.1. The van der Waals surface area contributed by atoms with E-state index in [4.69, 9.17) is 5.11 Å². The molecule has 0 spiro atoms. The Morgan fingerprint density at radius 3 is 2.62 bits per heavy atom. The first-order valence-corrected chi connectivity index (χ1v) is 6.34. The van der Waals surface area contributed by atoms with Crippen LogP contribution in [-0.2, 0) is 6.54 Å². The lowest BCUT2D eigenvalue weighted by Crippen LogP contribution is -2.26. The Hall–Kier alpha value is -0.640. The summed E-state index contributed by atoms with van der Waals surface area (Å²) in [5, 5.41) is 12.5. The molecule has 86 valence electrons. The van der Waals surface area contributed by atoms with Crippen LogP contribution in [0.5, 0.6) is 0 Å². The topological polar surface area (TPSA) is 32.3 Å². The number of nitrogens with one attached hydrogen (secondary N) is 1. The molecule has 2 N–H and O–H groups in total. The summed E-state index contributed by atoms with van der Waals surface area (Å²) in [6.07, 6.45) is 5.26. The molecule has 0 aliphatic heterocycles. The Bertz CT molecular complexity index is 361. The molecule has 0 saturated heterocycles. The van der Waals surface area contributed by atoms with Crippen LogP contribution in [0.1, 0.15) is 12.0 Å². The molecule has 2 rings (SSSR count). The van der Waals surface area contributed by atoms with Crippen LogP contribution in [0.2, 0.25) is 0 Å². The van der Waals surface area contributed by atoms with Crippen molar-refractivity contribution in [1.29, 1.82) is 0 Å². The molecule has 0 fully saturated rings. The highest BCUT2D eigenvalue weighted by Gasteiger charge is 2.16. The van der Waals surface area contributed by atoms with Crippen LogP contribution in [0.3, 0.4) is 0 Å². The minimum absolute atomic E-state index is 0.257. The Kier molecular flexibility index (Phi) is 4.16. The molecule has 0 radical (unpaired) electrons. The van der Waals surface area contributed by atoms with Gasteiger partial charge in [-0.3, -0.25) is 0 Å². The van der Waals surface area contributed by atoms with Crippen LogP contribution < -0.4 is 5.32 Å². The summed E-state index contributed by atoms with van der Waals surface area (Å²) in [6.45, 7) is 1.13. The maximum atomic E-state index is 9.02. The van der Waals surface area contributed by atoms with Crippen molar-refractivity contribution in [3.8, 4) is 0 Å². The minimum Gasteiger partial charge on any atom is -0.396 e. The molecule has 16 heavy (non-hydrogen) atoms. The molecule has 0 bridgehead atoms. The van der Waals surface area contributed by atoms with Crippen LogP contribution in [0.25, 0.3) is 0 Å². The second kappa shape index (κ2) is 5.62. The van der Waals surface area contributed by atoms with Crippen LogP contribution >= 0.6 is 15.9 Å². The second-order valence-corrected chi connectivity index (χ2v) is 5.09. The number of halogens is 1. The number of aliphatic hydroxyl groups excluding tert-OH is 1. The third kappa shape index (κ3) is 3.17. The van der Waals surface area contributed by atoms with Gasteiger partial charge in [-0.15, -0.1) is 0 Å². The van der Waals surface area contributed by atoms with Crippen LogP contribution in [0.15, 0.2) is 40.9 Å². The van der Waals surface area contributed by atoms with E-state index in [9.17, 15) is 0 Å². The predicted molar refractivity (Wildman–Crippen MR) is 69.1 cm³/mol. The van der Waals surface area contributed by atoms with Crippen LogP contribution in [0.4, 0.5) is 0 Å². The number of rotatable bonds is 4. The van der Waals surface area contributed by atoms with Gasteiger partial charge >= 0.3 is 0 Å². The average molecular weight is 282 g/mol. The molecule has 0 aromatic heterocycles. The quantitative estimate of drug-likeness (QED) is 0.832. The molecule has 0 amide bonds. The van der Waals surface area contributed by atoms with E-state index < -0.39 is 0 Å². The second-order valence-electron chi connectivity index (χ2n) is 4.18. The number of hydrogen-bond donors (Lipinski definition) is 2. The maximum Gasteiger partial charge on any atom is 0.0494 e. The molecule has 1 aliphatic carbocycles. The molecular weight excluding hydrogens is 266 g/mol. The Morgan fingerprint density at radius 2 is 2.00 bits per heavy atom. The predicted octanol–water partition coefficient (Wildman–Crippen LogP) is 2.48. The van der Waals surface area contributed by atoms with E-state index in [0.717, 1.165) is 17.4 Å². The van der Waals surface area contributed by atoms with Crippen molar-refractivity contribution in [2.45, 2.75) is 19.0 Å². The molecular formula is C13H16BrNO. The largest absolute Gasteiger partial charge is 0.396 e. The first-order chi connectivity index (χ1) is 7.78. The number of benzene rings is 1. The first-order valence-electron chi connectivity index (χ1n) is 5.55. The van der Waals surface area contributed by atoms with Gasteiger partial charge < -0.3 is 10.4 Å². The third-order valence-electron chi connectivity index (χ3n) is 2.89. The summed E-state index contributed by atoms with van der Waals surface area (Å²) in [5.74, 6) is 0.336. The summed E-state index contributed by atoms with van der Waals surface area (Å²) in [5.41, 5.74) is 1.28. The lowest BCUT2D eigenvalue weighted by molar-refractivity contribution is 0.246. The van der Waals surface area contributed by atoms with E-state index in [1.807, 2.05) is 0 Å². The van der Waals surface area contributed by atoms with Crippen molar-refractivity contribution >= 4 is 15.9 Å². The van der Waals surface area contributed by atoms with Crippen molar-refractivity contribution in [2.24, 2.45) is 5.92 Å². The van der Waals surface area contributed by atoms with Gasteiger partial charge in [-0.25, -0.2) is 0 Å². The van der Waals surface area contributed by atoms with E-state index in [1.54, 1.807) is 0 Å². The molecule has 1 aromatic rings. The standard InChI is InChI=1S/C13H16BrNO/c14-12-4-1-10(2-5-12)8-15-13-6-3-11(7-13)9-16/h1-6,11,13,15-16H,7-9H2/t11-,13+/m0/s1. The number of hydrogen-bond acceptors (Lipinski definition) is 2. The van der Waals surface area contributed by atoms with Gasteiger partial charge in [-0.05, 0) is 24.1 Å². The van der Waals surface area contributed by atoms with E-state index in [2.05, 4.69) is 57.7 Å². The van der Waals surface area contributed by atoms with Gasteiger partial charge in [-0.1, -0.05) is 40.2 Å². The van der Waals surface area contributed by atoms with Gasteiger partial charge in [0.25, 0.3) is 0 Å². The van der Waals surface area contributed by atoms with Crippen LogP contribution in [0, 0.1) is 5.92 Å². The highest BCUT2D eigenvalue weighted by Crippen LogP contribution is 2.17. The highest BCUT2D eigenvalue weighted by molar-refractivity contribution is 9.10. The third-order valence-corrected chi connectivity index (χ3v) is 3.42. The van der Waals surface area contributed by atoms with Crippen molar-refractivity contribution in [1.82, 2.24) is 5.32 Å². The molecule has 1 aromatic carbocycles. The van der Waals surface area contributed by atoms with E-state index >= 15 is 0 Å². The summed E-state index contributed by atoms with van der Waals surface area (Å²) in [4.78, 5) is 0. The Balaban J connectivity index is 1.80. The first kappa shape index (κ1) is 11.8. The van der Waals surface area contributed by atoms with Gasteiger partial charge in [0, 0.05) is 29.6 Å². The minimum atomic E-state index is 0.257. The van der Waals surface area contributed by atoms with Gasteiger partial charge in [0.15, 0.2) is 0 Å². The summed E-state index contributed by atoms with van der Waals surface area (Å²) < 4.78 is 1.11. The molecule has 0 heterocycles. The molecule has 2 atom stereocenters. The molecule has 0 saturated carbocycles. The zero-order valence-corrected chi connectivity index (χ0v) is 10.7. The summed E-state index contributed by atoms with van der Waals surface area (Å²) >= 11 is 3.42. The van der Waals surface area contributed by atoms with Gasteiger partial charge in [-0.2, -0.15) is 0 Å². The zero-order chi connectivity index (χ0) is 11.4. The SMILES string of the molecule is OC[C@H]1C=C[C@@H](NCc2ccc(Br)cc2)C1. The fourth-order valence-electron chi connectivity index (χ4n) is 1.91. The highest BCUT2D eigenvalue weighted by atomic mass is 79.9. The fourth-order valence-corrected chi connectivity index (χ4v) is 2.18. The smallest absolute Gasteiger partial charge is 0.0494 e. The Labute approximate surface area is 105 Å². The van der Waals surface area contributed by atoms with Gasteiger partial charge in [0.2, 0.25) is 0 Å². The monoisotopic (exact) mass is 281 g/mol. The maximum absolute atomic E-state index is 9.02. The summed E-state index contributed by atoms with van der Waals surface area (Å²) in [6, 6.07) is 8.73. The van der Waals surface area contributed by atoms with Crippen molar-refractivity contribution in [3.05, 3.63) is 46.5 Å². The molecule has 0 unspecified atom stereocenters. The molecule has 1 aliphatic rings. The lowest BCUT2D eigenvalue weighted by Gasteiger charge is -2.12. The van der Waals surface area contributed by atoms with Crippen molar-refractivity contribution < 1.29 is 5.11 Å². The van der Waals surface area contributed by atoms with Crippen LogP contribution in [-0.4, -0.2) is 17.8 Å². The van der Waals surface area contributed by atoms with E-state index in [0.29, 0.717) is 12.0 Å². The fraction of sp³-hybridized carbons (Fsp3) is 0.385. The Morgan fingerprint density at radius 1 is 1.25 bits per heavy atom.